The van der Waals surface area contributed by atoms with E-state index in [1.165, 1.54) is 4.68 Å². The lowest BCUT2D eigenvalue weighted by atomic mass is 10.3. The molecule has 1 aromatic carbocycles. The predicted octanol–water partition coefficient (Wildman–Crippen LogP) is 1.74. The first-order valence-corrected chi connectivity index (χ1v) is 8.68. The van der Waals surface area contributed by atoms with Crippen LogP contribution in [0.4, 0.5) is 0 Å². The summed E-state index contributed by atoms with van der Waals surface area (Å²) in [5.74, 6) is 0.882. The van der Waals surface area contributed by atoms with E-state index in [0.29, 0.717) is 24.7 Å². The number of carbonyl (C=O) groups is 1. The van der Waals surface area contributed by atoms with E-state index >= 15 is 0 Å². The molecule has 132 valence electrons. The fourth-order valence-electron chi connectivity index (χ4n) is 2.86. The lowest BCUT2D eigenvalue weighted by Crippen LogP contribution is -2.32. The van der Waals surface area contributed by atoms with E-state index in [1.54, 1.807) is 29.0 Å². The molecule has 0 saturated heterocycles. The zero-order valence-electron chi connectivity index (χ0n) is 14.2. The van der Waals surface area contributed by atoms with Crippen LogP contribution in [0.1, 0.15) is 35.1 Å². The van der Waals surface area contributed by atoms with Gasteiger partial charge >= 0.3 is 5.69 Å². The van der Waals surface area contributed by atoms with Crippen molar-refractivity contribution in [1.29, 1.82) is 0 Å². The van der Waals surface area contributed by atoms with Crippen molar-refractivity contribution in [2.75, 3.05) is 6.54 Å². The molecule has 1 amide bonds. The summed E-state index contributed by atoms with van der Waals surface area (Å²) < 4.78 is 3.11. The Kier molecular flexibility index (Phi) is 4.35. The summed E-state index contributed by atoms with van der Waals surface area (Å²) >= 11 is 0. The minimum absolute atomic E-state index is 0.176. The van der Waals surface area contributed by atoms with Crippen molar-refractivity contribution in [2.24, 2.45) is 0 Å². The summed E-state index contributed by atoms with van der Waals surface area (Å²) in [5.41, 5.74) is 1.00. The molecule has 1 fully saturated rings. The maximum absolute atomic E-state index is 12.8. The third kappa shape index (κ3) is 3.28. The lowest BCUT2D eigenvalue weighted by molar-refractivity contribution is 0.0947. The second-order valence-electron chi connectivity index (χ2n) is 6.28. The van der Waals surface area contributed by atoms with Crippen LogP contribution in [0.5, 0.6) is 0 Å². The number of nitrogens with one attached hydrogen (secondary N) is 1. The first-order chi connectivity index (χ1) is 12.7. The van der Waals surface area contributed by atoms with Gasteiger partial charge in [0.1, 0.15) is 11.5 Å². The maximum atomic E-state index is 12.8. The Balaban J connectivity index is 1.51. The predicted molar refractivity (Wildman–Crippen MR) is 96.4 cm³/mol. The number of pyridine rings is 1. The standard InChI is InChI=1S/C19H19N5O2/c25-18(16-8-4-5-11-20-16)21-12-13-23-19(26)24(15-6-2-1-3-7-15)17(22-23)14-9-10-14/h1-8,11,14H,9-10,12-13H2,(H,21,25). The molecule has 1 N–H and O–H groups in total. The van der Waals surface area contributed by atoms with Crippen LogP contribution in [0, 0.1) is 0 Å². The van der Waals surface area contributed by atoms with Crippen LogP contribution in [0.25, 0.3) is 5.69 Å². The highest BCUT2D eigenvalue weighted by molar-refractivity contribution is 5.92. The summed E-state index contributed by atoms with van der Waals surface area (Å²) in [5, 5.41) is 7.30. The van der Waals surface area contributed by atoms with Gasteiger partial charge in [0.05, 0.1) is 12.2 Å². The van der Waals surface area contributed by atoms with Crippen LogP contribution in [-0.4, -0.2) is 31.8 Å². The maximum Gasteiger partial charge on any atom is 0.350 e. The number of amides is 1. The Morgan fingerprint density at radius 1 is 1.12 bits per heavy atom. The van der Waals surface area contributed by atoms with Crippen molar-refractivity contribution in [3.8, 4) is 5.69 Å². The fourth-order valence-corrected chi connectivity index (χ4v) is 2.86. The molecule has 3 aromatic rings. The second-order valence-corrected chi connectivity index (χ2v) is 6.28. The SMILES string of the molecule is O=C(NCCn1nc(C2CC2)n(-c2ccccc2)c1=O)c1ccccn1. The number of aromatic nitrogens is 4. The minimum Gasteiger partial charge on any atom is -0.349 e. The van der Waals surface area contributed by atoms with Gasteiger partial charge in [-0.25, -0.2) is 14.0 Å². The highest BCUT2D eigenvalue weighted by Crippen LogP contribution is 2.39. The van der Waals surface area contributed by atoms with Crippen LogP contribution in [0.3, 0.4) is 0 Å². The molecule has 7 nitrogen and oxygen atoms in total. The third-order valence-corrected chi connectivity index (χ3v) is 4.33. The number of rotatable bonds is 6. The average Bonchev–Trinajstić information content (AvgIpc) is 3.48. The van der Waals surface area contributed by atoms with Crippen LogP contribution < -0.4 is 11.0 Å². The third-order valence-electron chi connectivity index (χ3n) is 4.33. The van der Waals surface area contributed by atoms with Crippen LogP contribution in [0.15, 0.2) is 59.5 Å². The summed E-state index contributed by atoms with van der Waals surface area (Å²) in [4.78, 5) is 28.9. The van der Waals surface area contributed by atoms with Gasteiger partial charge in [-0.1, -0.05) is 24.3 Å². The van der Waals surface area contributed by atoms with E-state index in [4.69, 9.17) is 0 Å². The average molecular weight is 349 g/mol. The summed E-state index contributed by atoms with van der Waals surface area (Å²) in [7, 11) is 0. The monoisotopic (exact) mass is 349 g/mol. The molecule has 0 unspecified atom stereocenters. The number of nitrogens with zero attached hydrogens (tertiary/aromatic N) is 4. The molecule has 1 saturated carbocycles. The van der Waals surface area contributed by atoms with Gasteiger partial charge in [-0.15, -0.1) is 0 Å². The molecular formula is C19H19N5O2. The topological polar surface area (TPSA) is 81.8 Å². The van der Waals surface area contributed by atoms with E-state index in [2.05, 4.69) is 15.4 Å². The van der Waals surface area contributed by atoms with Crippen molar-refractivity contribution >= 4 is 5.91 Å². The van der Waals surface area contributed by atoms with E-state index in [0.717, 1.165) is 24.4 Å². The molecule has 2 aromatic heterocycles. The van der Waals surface area contributed by atoms with Crippen molar-refractivity contribution in [1.82, 2.24) is 24.6 Å². The van der Waals surface area contributed by atoms with E-state index in [-0.39, 0.29) is 11.6 Å². The van der Waals surface area contributed by atoms with Gasteiger partial charge in [-0.2, -0.15) is 5.10 Å². The van der Waals surface area contributed by atoms with Gasteiger partial charge < -0.3 is 5.32 Å². The smallest absolute Gasteiger partial charge is 0.349 e. The largest absolute Gasteiger partial charge is 0.350 e. The Hall–Kier alpha value is -3.22. The fraction of sp³-hybridized carbons (Fsp3) is 0.263. The molecule has 4 rings (SSSR count). The van der Waals surface area contributed by atoms with Gasteiger partial charge in [-0.05, 0) is 37.1 Å². The van der Waals surface area contributed by atoms with Gasteiger partial charge in [0.2, 0.25) is 0 Å². The van der Waals surface area contributed by atoms with Crippen LogP contribution in [-0.2, 0) is 6.54 Å². The Labute approximate surface area is 150 Å². The molecular weight excluding hydrogens is 330 g/mol. The summed E-state index contributed by atoms with van der Waals surface area (Å²) in [6.07, 6.45) is 3.68. The van der Waals surface area contributed by atoms with Crippen molar-refractivity contribution in [2.45, 2.75) is 25.3 Å². The molecule has 0 radical (unpaired) electrons. The number of carbonyl (C=O) groups excluding carboxylic acids is 1. The van der Waals surface area contributed by atoms with Gasteiger partial charge in [0.15, 0.2) is 0 Å². The van der Waals surface area contributed by atoms with E-state index in [9.17, 15) is 9.59 Å². The van der Waals surface area contributed by atoms with E-state index in [1.807, 2.05) is 30.3 Å². The number of hydrogen-bond acceptors (Lipinski definition) is 4. The molecule has 0 bridgehead atoms. The number of benzene rings is 1. The first-order valence-electron chi connectivity index (χ1n) is 8.68. The molecule has 7 heteroatoms. The highest BCUT2D eigenvalue weighted by Gasteiger charge is 2.31. The van der Waals surface area contributed by atoms with Crippen molar-refractivity contribution < 1.29 is 4.79 Å². The van der Waals surface area contributed by atoms with Gasteiger partial charge in [-0.3, -0.25) is 9.78 Å². The molecule has 0 spiro atoms. The lowest BCUT2D eigenvalue weighted by Gasteiger charge is -2.04. The normalized spacial score (nSPS) is 13.5. The van der Waals surface area contributed by atoms with Crippen molar-refractivity contribution in [3.63, 3.8) is 0 Å². The minimum atomic E-state index is -0.261. The van der Waals surface area contributed by atoms with Crippen molar-refractivity contribution in [3.05, 3.63) is 76.7 Å². The van der Waals surface area contributed by atoms with E-state index < -0.39 is 0 Å². The molecule has 1 aliphatic rings. The first kappa shape index (κ1) is 16.3. The quantitative estimate of drug-likeness (QED) is 0.735. The zero-order chi connectivity index (χ0) is 17.9. The summed E-state index contributed by atoms with van der Waals surface area (Å²) in [6, 6.07) is 14.7. The number of para-hydroxylation sites is 1. The molecule has 26 heavy (non-hydrogen) atoms. The van der Waals surface area contributed by atoms with Crippen LogP contribution in [0.2, 0.25) is 0 Å². The molecule has 1 aliphatic carbocycles. The Morgan fingerprint density at radius 2 is 1.88 bits per heavy atom. The molecule has 0 atom stereocenters. The summed E-state index contributed by atoms with van der Waals surface area (Å²) in [6.45, 7) is 0.627. The second kappa shape index (κ2) is 6.95. The number of hydrogen-bond donors (Lipinski definition) is 1. The molecule has 0 aliphatic heterocycles. The van der Waals surface area contributed by atoms with Gasteiger partial charge in [0, 0.05) is 18.7 Å². The highest BCUT2D eigenvalue weighted by atomic mass is 16.2. The zero-order valence-corrected chi connectivity index (χ0v) is 14.2. The van der Waals surface area contributed by atoms with Gasteiger partial charge in [0.25, 0.3) is 5.91 Å². The Bertz CT molecular complexity index is 959. The molecule has 2 heterocycles. The Morgan fingerprint density at radius 3 is 2.58 bits per heavy atom. The van der Waals surface area contributed by atoms with Crippen LogP contribution >= 0.6 is 0 Å².